The normalized spacial score (nSPS) is 15.5. The standard InChI is InChI=1S/C16H27NS/c1-11-7-12(2)9-14(8-11)10-18-15(13(3)17)16(4,5)6/h7-9,13,15H,10,17H2,1-6H3. The summed E-state index contributed by atoms with van der Waals surface area (Å²) in [4.78, 5) is 0. The molecule has 0 aromatic heterocycles. The number of hydrogen-bond donors (Lipinski definition) is 1. The predicted octanol–water partition coefficient (Wildman–Crippen LogP) is 4.30. The number of thioether (sulfide) groups is 1. The molecule has 0 aliphatic rings. The Bertz CT molecular complexity index is 370. The number of rotatable bonds is 4. The molecule has 1 nitrogen and oxygen atoms in total. The van der Waals surface area contributed by atoms with Crippen LogP contribution in [-0.2, 0) is 5.75 Å². The summed E-state index contributed by atoms with van der Waals surface area (Å²) in [6.45, 7) is 13.3. The second-order valence-corrected chi connectivity index (χ2v) is 7.58. The summed E-state index contributed by atoms with van der Waals surface area (Å²) in [6, 6.07) is 7.00. The molecular weight excluding hydrogens is 238 g/mol. The Hall–Kier alpha value is -0.470. The van der Waals surface area contributed by atoms with Gasteiger partial charge in [-0.3, -0.25) is 0 Å². The van der Waals surface area contributed by atoms with Crippen LogP contribution in [0.15, 0.2) is 18.2 Å². The lowest BCUT2D eigenvalue weighted by atomic mass is 9.88. The minimum absolute atomic E-state index is 0.223. The largest absolute Gasteiger partial charge is 0.327 e. The highest BCUT2D eigenvalue weighted by atomic mass is 32.2. The van der Waals surface area contributed by atoms with Crippen molar-refractivity contribution in [1.29, 1.82) is 0 Å². The van der Waals surface area contributed by atoms with Crippen molar-refractivity contribution in [3.63, 3.8) is 0 Å². The third-order valence-electron chi connectivity index (χ3n) is 3.04. The molecule has 2 atom stereocenters. The van der Waals surface area contributed by atoms with Crippen molar-refractivity contribution in [1.82, 2.24) is 0 Å². The van der Waals surface area contributed by atoms with E-state index in [9.17, 15) is 0 Å². The van der Waals surface area contributed by atoms with Gasteiger partial charge in [-0.1, -0.05) is 50.1 Å². The smallest absolute Gasteiger partial charge is 0.0248 e. The van der Waals surface area contributed by atoms with E-state index in [0.29, 0.717) is 5.25 Å². The lowest BCUT2D eigenvalue weighted by molar-refractivity contribution is 0.363. The average Bonchev–Trinajstić information content (AvgIpc) is 2.12. The molecule has 1 aromatic carbocycles. The van der Waals surface area contributed by atoms with E-state index in [1.165, 1.54) is 16.7 Å². The minimum Gasteiger partial charge on any atom is -0.327 e. The molecule has 0 amide bonds. The Balaban J connectivity index is 2.73. The number of benzene rings is 1. The van der Waals surface area contributed by atoms with Gasteiger partial charge in [0.15, 0.2) is 0 Å². The zero-order valence-electron chi connectivity index (χ0n) is 12.6. The Labute approximate surface area is 117 Å². The van der Waals surface area contributed by atoms with Gasteiger partial charge >= 0.3 is 0 Å². The van der Waals surface area contributed by atoms with Crippen molar-refractivity contribution in [2.24, 2.45) is 11.1 Å². The van der Waals surface area contributed by atoms with Gasteiger partial charge in [-0.05, 0) is 31.7 Å². The molecule has 2 unspecified atom stereocenters. The van der Waals surface area contributed by atoms with Crippen molar-refractivity contribution < 1.29 is 0 Å². The van der Waals surface area contributed by atoms with Gasteiger partial charge < -0.3 is 5.73 Å². The molecule has 102 valence electrons. The second-order valence-electron chi connectivity index (χ2n) is 6.45. The molecule has 0 saturated heterocycles. The monoisotopic (exact) mass is 265 g/mol. The van der Waals surface area contributed by atoms with Crippen molar-refractivity contribution in [3.8, 4) is 0 Å². The van der Waals surface area contributed by atoms with Gasteiger partial charge in [0.1, 0.15) is 0 Å². The summed E-state index contributed by atoms with van der Waals surface area (Å²) in [5.41, 5.74) is 10.5. The molecular formula is C16H27NS. The van der Waals surface area contributed by atoms with Gasteiger partial charge in [0.2, 0.25) is 0 Å². The lowest BCUT2D eigenvalue weighted by Crippen LogP contribution is -2.39. The van der Waals surface area contributed by atoms with E-state index in [1.807, 2.05) is 11.8 Å². The molecule has 0 heterocycles. The van der Waals surface area contributed by atoms with Crippen LogP contribution in [0, 0.1) is 19.3 Å². The van der Waals surface area contributed by atoms with Crippen molar-refractivity contribution >= 4 is 11.8 Å². The highest BCUT2D eigenvalue weighted by Gasteiger charge is 2.28. The highest BCUT2D eigenvalue weighted by Crippen LogP contribution is 2.34. The summed E-state index contributed by atoms with van der Waals surface area (Å²) in [5.74, 6) is 1.05. The van der Waals surface area contributed by atoms with Crippen LogP contribution in [0.3, 0.4) is 0 Å². The quantitative estimate of drug-likeness (QED) is 0.878. The van der Waals surface area contributed by atoms with Crippen LogP contribution in [0.2, 0.25) is 0 Å². The first-order valence-corrected chi connectivity index (χ1v) is 7.69. The van der Waals surface area contributed by atoms with E-state index in [-0.39, 0.29) is 11.5 Å². The zero-order chi connectivity index (χ0) is 13.9. The fourth-order valence-electron chi connectivity index (χ4n) is 2.53. The van der Waals surface area contributed by atoms with Gasteiger partial charge in [0.25, 0.3) is 0 Å². The van der Waals surface area contributed by atoms with Crippen LogP contribution >= 0.6 is 11.8 Å². The van der Waals surface area contributed by atoms with Crippen LogP contribution in [0.5, 0.6) is 0 Å². The third-order valence-corrected chi connectivity index (χ3v) is 5.04. The number of hydrogen-bond acceptors (Lipinski definition) is 2. The maximum absolute atomic E-state index is 6.13. The van der Waals surface area contributed by atoms with Gasteiger partial charge in [0, 0.05) is 17.0 Å². The Morgan fingerprint density at radius 1 is 1.11 bits per heavy atom. The lowest BCUT2D eigenvalue weighted by Gasteiger charge is -2.33. The van der Waals surface area contributed by atoms with Crippen LogP contribution in [0.25, 0.3) is 0 Å². The second kappa shape index (κ2) is 6.12. The molecule has 0 aliphatic carbocycles. The zero-order valence-corrected chi connectivity index (χ0v) is 13.4. The van der Waals surface area contributed by atoms with Crippen molar-refractivity contribution in [2.75, 3.05) is 0 Å². The van der Waals surface area contributed by atoms with E-state index in [0.717, 1.165) is 5.75 Å². The Morgan fingerprint density at radius 2 is 1.61 bits per heavy atom. The summed E-state index contributed by atoms with van der Waals surface area (Å²) in [5, 5.41) is 0.485. The first-order valence-electron chi connectivity index (χ1n) is 6.64. The molecule has 0 radical (unpaired) electrons. The van der Waals surface area contributed by atoms with Gasteiger partial charge in [-0.25, -0.2) is 0 Å². The molecule has 18 heavy (non-hydrogen) atoms. The summed E-state index contributed by atoms with van der Waals surface area (Å²) in [6.07, 6.45) is 0. The van der Waals surface area contributed by atoms with E-state index in [1.54, 1.807) is 0 Å². The van der Waals surface area contributed by atoms with Crippen molar-refractivity contribution in [3.05, 3.63) is 34.9 Å². The average molecular weight is 265 g/mol. The highest BCUT2D eigenvalue weighted by molar-refractivity contribution is 7.99. The molecule has 1 rings (SSSR count). The molecule has 1 aromatic rings. The molecule has 0 spiro atoms. The maximum atomic E-state index is 6.13. The van der Waals surface area contributed by atoms with Crippen LogP contribution in [-0.4, -0.2) is 11.3 Å². The van der Waals surface area contributed by atoms with Gasteiger partial charge in [-0.2, -0.15) is 11.8 Å². The van der Waals surface area contributed by atoms with E-state index in [4.69, 9.17) is 5.73 Å². The Kier molecular flexibility index (Phi) is 5.30. The Morgan fingerprint density at radius 3 is 2.00 bits per heavy atom. The number of nitrogens with two attached hydrogens (primary N) is 1. The fraction of sp³-hybridized carbons (Fsp3) is 0.625. The van der Waals surface area contributed by atoms with Crippen molar-refractivity contribution in [2.45, 2.75) is 58.6 Å². The first kappa shape index (κ1) is 15.6. The summed E-state index contributed by atoms with van der Waals surface area (Å²) in [7, 11) is 0. The molecule has 0 fully saturated rings. The third kappa shape index (κ3) is 4.66. The maximum Gasteiger partial charge on any atom is 0.0248 e. The van der Waals surface area contributed by atoms with E-state index >= 15 is 0 Å². The first-order chi connectivity index (χ1) is 8.20. The summed E-state index contributed by atoms with van der Waals surface area (Å²) < 4.78 is 0. The predicted molar refractivity (Wildman–Crippen MR) is 84.1 cm³/mol. The van der Waals surface area contributed by atoms with Crippen LogP contribution < -0.4 is 5.73 Å². The SMILES string of the molecule is Cc1cc(C)cc(CSC(C(C)N)C(C)(C)C)c1. The molecule has 2 heteroatoms. The fourth-order valence-corrected chi connectivity index (χ4v) is 3.87. The van der Waals surface area contributed by atoms with Gasteiger partial charge in [0.05, 0.1) is 0 Å². The molecule has 0 bridgehead atoms. The minimum atomic E-state index is 0.223. The topological polar surface area (TPSA) is 26.0 Å². The van der Waals surface area contributed by atoms with Crippen LogP contribution in [0.4, 0.5) is 0 Å². The molecule has 0 saturated carbocycles. The van der Waals surface area contributed by atoms with E-state index in [2.05, 4.69) is 59.7 Å². The van der Waals surface area contributed by atoms with Gasteiger partial charge in [-0.15, -0.1) is 0 Å². The van der Waals surface area contributed by atoms with E-state index < -0.39 is 0 Å². The number of aryl methyl sites for hydroxylation is 2. The van der Waals surface area contributed by atoms with Crippen LogP contribution in [0.1, 0.15) is 44.4 Å². The molecule has 0 aliphatic heterocycles. The summed E-state index contributed by atoms with van der Waals surface area (Å²) >= 11 is 1.98. The molecule has 2 N–H and O–H groups in total.